The number of hydrogen-bond donors (Lipinski definition) is 1. The van der Waals surface area contributed by atoms with Crippen LogP contribution < -0.4 is 5.32 Å². The third kappa shape index (κ3) is 2.82. The summed E-state index contributed by atoms with van der Waals surface area (Å²) in [6.07, 6.45) is 6.08. The molecule has 0 spiro atoms. The fourth-order valence-corrected chi connectivity index (χ4v) is 2.92. The lowest BCUT2D eigenvalue weighted by Crippen LogP contribution is -2.39. The molecule has 3 nitrogen and oxygen atoms in total. The normalized spacial score (nSPS) is 31.0. The molecule has 2 fully saturated rings. The van der Waals surface area contributed by atoms with Crippen LogP contribution in [-0.4, -0.2) is 29.6 Å². The smallest absolute Gasteiger partial charge is 0.241 e. The molecule has 1 saturated carbocycles. The van der Waals surface area contributed by atoms with E-state index in [4.69, 9.17) is 0 Å². The van der Waals surface area contributed by atoms with Crippen molar-refractivity contribution in [2.24, 2.45) is 11.8 Å². The summed E-state index contributed by atoms with van der Waals surface area (Å²) >= 11 is 0. The molecule has 0 aromatic heterocycles. The van der Waals surface area contributed by atoms with Gasteiger partial charge >= 0.3 is 0 Å². The number of nitrogens with zero attached hydrogens (tertiary/aromatic N) is 1. The highest BCUT2D eigenvalue weighted by Crippen LogP contribution is 2.37. The van der Waals surface area contributed by atoms with Gasteiger partial charge in [0.15, 0.2) is 0 Å². The Balaban J connectivity index is 1.95. The first kappa shape index (κ1) is 12.9. The quantitative estimate of drug-likeness (QED) is 0.770. The van der Waals surface area contributed by atoms with Crippen molar-refractivity contribution in [2.75, 3.05) is 6.54 Å². The van der Waals surface area contributed by atoms with E-state index in [2.05, 4.69) is 31.0 Å². The Kier molecular flexibility index (Phi) is 4.08. The van der Waals surface area contributed by atoms with E-state index in [1.807, 2.05) is 0 Å². The SMILES string of the molecule is CCCC1NC(CC)N(CC(C)C2CC2)C1=O. The van der Waals surface area contributed by atoms with E-state index in [1.165, 1.54) is 12.8 Å². The van der Waals surface area contributed by atoms with Gasteiger partial charge in [-0.05, 0) is 37.5 Å². The van der Waals surface area contributed by atoms with Gasteiger partial charge in [-0.1, -0.05) is 27.2 Å². The molecule has 1 saturated heterocycles. The maximum atomic E-state index is 12.3. The summed E-state index contributed by atoms with van der Waals surface area (Å²) in [5.41, 5.74) is 0. The zero-order valence-electron chi connectivity index (χ0n) is 11.4. The fraction of sp³-hybridized carbons (Fsp3) is 0.929. The van der Waals surface area contributed by atoms with Crippen molar-refractivity contribution in [3.63, 3.8) is 0 Å². The van der Waals surface area contributed by atoms with Crippen molar-refractivity contribution in [2.45, 2.75) is 65.1 Å². The Bertz CT molecular complexity index is 275. The minimum absolute atomic E-state index is 0.0800. The predicted molar refractivity (Wildman–Crippen MR) is 69.5 cm³/mol. The first-order chi connectivity index (χ1) is 8.17. The van der Waals surface area contributed by atoms with Crippen molar-refractivity contribution in [1.29, 1.82) is 0 Å². The topological polar surface area (TPSA) is 32.3 Å². The molecule has 3 atom stereocenters. The highest BCUT2D eigenvalue weighted by molar-refractivity contribution is 5.84. The van der Waals surface area contributed by atoms with Gasteiger partial charge in [-0.2, -0.15) is 0 Å². The first-order valence-electron chi connectivity index (χ1n) is 7.23. The van der Waals surface area contributed by atoms with Crippen LogP contribution in [0.2, 0.25) is 0 Å². The lowest BCUT2D eigenvalue weighted by atomic mass is 10.1. The van der Waals surface area contributed by atoms with Crippen molar-refractivity contribution in [3.8, 4) is 0 Å². The summed E-state index contributed by atoms with van der Waals surface area (Å²) in [6.45, 7) is 7.56. The number of carbonyl (C=O) groups excluding carboxylic acids is 1. The molecule has 2 rings (SSSR count). The second kappa shape index (κ2) is 5.38. The Morgan fingerprint density at radius 3 is 2.65 bits per heavy atom. The summed E-state index contributed by atoms with van der Waals surface area (Å²) in [7, 11) is 0. The van der Waals surface area contributed by atoms with Crippen molar-refractivity contribution in [1.82, 2.24) is 10.2 Å². The Morgan fingerprint density at radius 1 is 1.41 bits per heavy atom. The summed E-state index contributed by atoms with van der Waals surface area (Å²) in [5.74, 6) is 1.90. The van der Waals surface area contributed by atoms with E-state index in [9.17, 15) is 4.79 Å². The van der Waals surface area contributed by atoms with Gasteiger partial charge in [0, 0.05) is 6.54 Å². The molecule has 0 aromatic carbocycles. The molecule has 17 heavy (non-hydrogen) atoms. The predicted octanol–water partition coefficient (Wildman–Crippen LogP) is 2.37. The second-order valence-corrected chi connectivity index (χ2v) is 5.74. The highest BCUT2D eigenvalue weighted by atomic mass is 16.2. The van der Waals surface area contributed by atoms with Gasteiger partial charge in [-0.15, -0.1) is 0 Å². The second-order valence-electron chi connectivity index (χ2n) is 5.74. The molecule has 3 heteroatoms. The third-order valence-electron chi connectivity index (χ3n) is 4.23. The molecule has 1 N–H and O–H groups in total. The lowest BCUT2D eigenvalue weighted by molar-refractivity contribution is -0.130. The van der Waals surface area contributed by atoms with E-state index in [1.54, 1.807) is 0 Å². The lowest BCUT2D eigenvalue weighted by Gasteiger charge is -2.26. The van der Waals surface area contributed by atoms with Crippen LogP contribution in [0.15, 0.2) is 0 Å². The highest BCUT2D eigenvalue weighted by Gasteiger charge is 2.39. The van der Waals surface area contributed by atoms with Crippen LogP contribution >= 0.6 is 0 Å². The van der Waals surface area contributed by atoms with Gasteiger partial charge in [0.05, 0.1) is 12.2 Å². The van der Waals surface area contributed by atoms with E-state index in [-0.39, 0.29) is 12.2 Å². The number of hydrogen-bond acceptors (Lipinski definition) is 2. The molecule has 1 heterocycles. The minimum Gasteiger partial charge on any atom is -0.326 e. The van der Waals surface area contributed by atoms with Gasteiger partial charge < -0.3 is 4.90 Å². The summed E-state index contributed by atoms with van der Waals surface area (Å²) in [4.78, 5) is 14.4. The minimum atomic E-state index is 0.0800. The number of carbonyl (C=O) groups is 1. The van der Waals surface area contributed by atoms with E-state index < -0.39 is 0 Å². The van der Waals surface area contributed by atoms with Crippen LogP contribution in [0.1, 0.15) is 52.9 Å². The molecular formula is C14H26N2O. The molecule has 0 bridgehead atoms. The maximum Gasteiger partial charge on any atom is 0.241 e. The Morgan fingerprint density at radius 2 is 2.12 bits per heavy atom. The van der Waals surface area contributed by atoms with Gasteiger partial charge in [0.1, 0.15) is 0 Å². The first-order valence-corrected chi connectivity index (χ1v) is 7.23. The van der Waals surface area contributed by atoms with Gasteiger partial charge in [-0.3, -0.25) is 10.1 Å². The average molecular weight is 238 g/mol. The van der Waals surface area contributed by atoms with Crippen LogP contribution in [0.5, 0.6) is 0 Å². The van der Waals surface area contributed by atoms with Crippen molar-refractivity contribution < 1.29 is 4.79 Å². The van der Waals surface area contributed by atoms with E-state index in [0.29, 0.717) is 11.8 Å². The zero-order valence-corrected chi connectivity index (χ0v) is 11.4. The maximum absolute atomic E-state index is 12.3. The molecule has 98 valence electrons. The standard InChI is InChI=1S/C14H26N2O/c1-4-6-12-14(17)16(13(5-2)15-12)9-10(3)11-7-8-11/h10-13,15H,4-9H2,1-3H3. The Hall–Kier alpha value is -0.570. The molecule has 3 unspecified atom stereocenters. The van der Waals surface area contributed by atoms with E-state index >= 15 is 0 Å². The number of rotatable bonds is 6. The average Bonchev–Trinajstić information content (AvgIpc) is 3.11. The van der Waals surface area contributed by atoms with Crippen LogP contribution in [0.25, 0.3) is 0 Å². The van der Waals surface area contributed by atoms with Crippen LogP contribution in [0.4, 0.5) is 0 Å². The summed E-state index contributed by atoms with van der Waals surface area (Å²) < 4.78 is 0. The molecular weight excluding hydrogens is 212 g/mol. The third-order valence-corrected chi connectivity index (χ3v) is 4.23. The number of nitrogens with one attached hydrogen (secondary N) is 1. The Labute approximate surface area is 105 Å². The van der Waals surface area contributed by atoms with Gasteiger partial charge in [-0.25, -0.2) is 0 Å². The van der Waals surface area contributed by atoms with Crippen LogP contribution in [0.3, 0.4) is 0 Å². The summed E-state index contributed by atoms with van der Waals surface area (Å²) in [6, 6.07) is 0.0800. The van der Waals surface area contributed by atoms with E-state index in [0.717, 1.165) is 31.7 Å². The molecule has 1 amide bonds. The van der Waals surface area contributed by atoms with Crippen molar-refractivity contribution in [3.05, 3.63) is 0 Å². The largest absolute Gasteiger partial charge is 0.326 e. The van der Waals surface area contributed by atoms with Gasteiger partial charge in [0.25, 0.3) is 0 Å². The van der Waals surface area contributed by atoms with Gasteiger partial charge in [0.2, 0.25) is 5.91 Å². The summed E-state index contributed by atoms with van der Waals surface area (Å²) in [5, 5.41) is 3.48. The van der Waals surface area contributed by atoms with Crippen LogP contribution in [0, 0.1) is 11.8 Å². The van der Waals surface area contributed by atoms with Crippen LogP contribution in [-0.2, 0) is 4.79 Å². The zero-order chi connectivity index (χ0) is 12.4. The number of amides is 1. The molecule has 0 radical (unpaired) electrons. The molecule has 1 aliphatic heterocycles. The molecule has 0 aromatic rings. The fourth-order valence-electron chi connectivity index (χ4n) is 2.92. The molecule has 1 aliphatic carbocycles. The van der Waals surface area contributed by atoms with Crippen molar-refractivity contribution >= 4 is 5.91 Å². The molecule has 2 aliphatic rings. The monoisotopic (exact) mass is 238 g/mol.